The summed E-state index contributed by atoms with van der Waals surface area (Å²) in [6, 6.07) is 13.4. The van der Waals surface area contributed by atoms with E-state index in [9.17, 15) is 19.7 Å². The van der Waals surface area contributed by atoms with E-state index in [2.05, 4.69) is 0 Å². The van der Waals surface area contributed by atoms with E-state index < -0.39 is 22.7 Å². The number of ether oxygens (including phenoxy) is 2. The van der Waals surface area contributed by atoms with Crippen LogP contribution >= 0.6 is 11.6 Å². The van der Waals surface area contributed by atoms with Crippen LogP contribution in [0, 0.1) is 16.0 Å². The minimum atomic E-state index is -0.817. The molecular weight excluding hydrogens is 472 g/mol. The summed E-state index contributed by atoms with van der Waals surface area (Å²) in [4.78, 5) is 42.1. The van der Waals surface area contributed by atoms with E-state index in [1.807, 2.05) is 12.1 Å². The molecule has 2 aromatic carbocycles. The van der Waals surface area contributed by atoms with Gasteiger partial charge in [-0.15, -0.1) is 0 Å². The van der Waals surface area contributed by atoms with Gasteiger partial charge in [-0.3, -0.25) is 24.7 Å². The maximum absolute atomic E-state index is 13.5. The first kappa shape index (κ1) is 24.8. The first-order chi connectivity index (χ1) is 16.8. The molecule has 1 heterocycles. The number of non-ortho nitro benzene ring substituents is 1. The Kier molecular flexibility index (Phi) is 7.42. The lowest BCUT2D eigenvalue weighted by Gasteiger charge is -2.36. The second kappa shape index (κ2) is 10.5. The van der Waals surface area contributed by atoms with Crippen LogP contribution in [0.25, 0.3) is 0 Å². The van der Waals surface area contributed by atoms with Gasteiger partial charge in [0.25, 0.3) is 5.69 Å². The first-order valence-corrected chi connectivity index (χ1v) is 11.6. The van der Waals surface area contributed by atoms with Gasteiger partial charge in [-0.05, 0) is 42.5 Å². The number of hydrogen-bond acceptors (Lipinski definition) is 7. The minimum Gasteiger partial charge on any atom is -0.463 e. The summed E-state index contributed by atoms with van der Waals surface area (Å²) in [5.41, 5.74) is 3.21. The van der Waals surface area contributed by atoms with Crippen LogP contribution < -0.4 is 0 Å². The Balaban J connectivity index is 1.75. The number of methoxy groups -OCH3 is 1. The molecule has 2 aliphatic rings. The highest BCUT2D eigenvalue weighted by molar-refractivity contribution is 6.30. The van der Waals surface area contributed by atoms with Crippen molar-refractivity contribution >= 4 is 34.8 Å². The van der Waals surface area contributed by atoms with Crippen LogP contribution in [-0.2, 0) is 19.1 Å². The molecule has 35 heavy (non-hydrogen) atoms. The summed E-state index contributed by atoms with van der Waals surface area (Å²) in [7, 11) is 1.51. The molecule has 0 amide bonds. The lowest BCUT2D eigenvalue weighted by molar-refractivity contribution is -0.384. The number of nitrogens with zero attached hydrogens (tertiary/aromatic N) is 2. The number of rotatable bonds is 7. The number of carbonyl (C=O) groups excluding carboxylic acids is 2. The quantitative estimate of drug-likeness (QED) is 0.230. The molecule has 1 aliphatic heterocycles. The van der Waals surface area contributed by atoms with Crippen molar-refractivity contribution in [3.8, 4) is 0 Å². The van der Waals surface area contributed by atoms with Gasteiger partial charge in [0.05, 0.1) is 11.5 Å². The maximum Gasteiger partial charge on any atom is 0.315 e. The van der Waals surface area contributed by atoms with Crippen molar-refractivity contribution in [2.75, 3.05) is 20.3 Å². The van der Waals surface area contributed by atoms with E-state index in [0.717, 1.165) is 5.56 Å². The number of nitro groups is 1. The van der Waals surface area contributed by atoms with Gasteiger partial charge in [0.2, 0.25) is 0 Å². The zero-order valence-corrected chi connectivity index (χ0v) is 20.2. The van der Waals surface area contributed by atoms with Crippen LogP contribution in [0.2, 0.25) is 5.02 Å². The lowest BCUT2D eigenvalue weighted by atomic mass is 9.69. The van der Waals surface area contributed by atoms with Crippen molar-refractivity contribution < 1.29 is 24.0 Å². The molecule has 3 atom stereocenters. The molecule has 182 valence electrons. The average Bonchev–Trinajstić information content (AvgIpc) is 2.83. The highest BCUT2D eigenvalue weighted by Crippen LogP contribution is 2.47. The van der Waals surface area contributed by atoms with E-state index in [-0.39, 0.29) is 37.0 Å². The number of benzene rings is 2. The molecular formula is C26H25ClN2O6. The third-order valence-corrected chi connectivity index (χ3v) is 6.73. The van der Waals surface area contributed by atoms with Crippen molar-refractivity contribution in [3.05, 3.63) is 86.1 Å². The van der Waals surface area contributed by atoms with Gasteiger partial charge in [0.1, 0.15) is 12.5 Å². The van der Waals surface area contributed by atoms with Crippen molar-refractivity contribution in [1.82, 2.24) is 0 Å². The molecule has 8 nitrogen and oxygen atoms in total. The van der Waals surface area contributed by atoms with Crippen LogP contribution in [0.15, 0.2) is 64.8 Å². The van der Waals surface area contributed by atoms with Crippen LogP contribution in [0.5, 0.6) is 0 Å². The van der Waals surface area contributed by atoms with Crippen LogP contribution in [0.1, 0.15) is 42.7 Å². The molecule has 0 saturated heterocycles. The fourth-order valence-corrected chi connectivity index (χ4v) is 4.94. The van der Waals surface area contributed by atoms with E-state index in [0.29, 0.717) is 34.0 Å². The van der Waals surface area contributed by atoms with Gasteiger partial charge in [0.15, 0.2) is 5.78 Å². The molecule has 1 aliphatic carbocycles. The van der Waals surface area contributed by atoms with Gasteiger partial charge in [-0.1, -0.05) is 35.9 Å². The number of allylic oxidation sites excluding steroid dienone is 2. The van der Waals surface area contributed by atoms with E-state index in [1.165, 1.54) is 19.2 Å². The third kappa shape index (κ3) is 5.18. The number of aliphatic imine (C=N–C) groups is 1. The minimum absolute atomic E-state index is 0.0576. The monoisotopic (exact) mass is 496 g/mol. The van der Waals surface area contributed by atoms with Crippen molar-refractivity contribution in [2.45, 2.75) is 31.6 Å². The van der Waals surface area contributed by atoms with E-state index in [1.54, 1.807) is 31.2 Å². The van der Waals surface area contributed by atoms with Crippen LogP contribution in [0.4, 0.5) is 5.69 Å². The van der Waals surface area contributed by atoms with Crippen molar-refractivity contribution in [3.63, 3.8) is 0 Å². The largest absolute Gasteiger partial charge is 0.463 e. The van der Waals surface area contributed by atoms with Gasteiger partial charge in [0, 0.05) is 53.6 Å². The van der Waals surface area contributed by atoms with Gasteiger partial charge in [-0.2, -0.15) is 0 Å². The summed E-state index contributed by atoms with van der Waals surface area (Å²) >= 11 is 6.03. The standard InChI is InChI=1S/C26H25ClN2O6/c1-15-23(26(31)35-12-11-34-2)24(17-5-9-20(10-6-17)29(32)33)25-21(28-15)13-18(14-22(25)30)16-3-7-19(27)8-4-16/h3-10,18,23-24H,11-14H2,1-2H3/t18-,23?,24-/m1/s1. The predicted octanol–water partition coefficient (Wildman–Crippen LogP) is 5.01. The predicted molar refractivity (Wildman–Crippen MR) is 131 cm³/mol. The molecule has 2 aromatic rings. The highest BCUT2D eigenvalue weighted by Gasteiger charge is 2.44. The molecule has 4 rings (SSSR count). The zero-order chi connectivity index (χ0) is 25.1. The van der Waals surface area contributed by atoms with E-state index >= 15 is 0 Å². The molecule has 9 heteroatoms. The Hall–Kier alpha value is -3.36. The van der Waals surface area contributed by atoms with Crippen molar-refractivity contribution in [2.24, 2.45) is 10.9 Å². The molecule has 0 fully saturated rings. The summed E-state index contributed by atoms with van der Waals surface area (Å²) < 4.78 is 10.4. The molecule has 0 aromatic heterocycles. The topological polar surface area (TPSA) is 108 Å². The van der Waals surface area contributed by atoms with Gasteiger partial charge < -0.3 is 9.47 Å². The Morgan fingerprint density at radius 3 is 2.37 bits per heavy atom. The normalized spacial score (nSPS) is 21.9. The maximum atomic E-state index is 13.5. The summed E-state index contributed by atoms with van der Waals surface area (Å²) in [6.07, 6.45) is 0.804. The number of hydrogen-bond donors (Lipinski definition) is 0. The van der Waals surface area contributed by atoms with E-state index in [4.69, 9.17) is 26.1 Å². The molecule has 0 radical (unpaired) electrons. The highest BCUT2D eigenvalue weighted by atomic mass is 35.5. The summed E-state index contributed by atoms with van der Waals surface area (Å²) in [5, 5.41) is 11.8. The Bertz CT molecular complexity index is 1200. The second-order valence-electron chi connectivity index (χ2n) is 8.66. The van der Waals surface area contributed by atoms with Crippen molar-refractivity contribution in [1.29, 1.82) is 0 Å². The molecule has 0 N–H and O–H groups in total. The van der Waals surface area contributed by atoms with Gasteiger partial charge >= 0.3 is 5.97 Å². The first-order valence-electron chi connectivity index (χ1n) is 11.3. The second-order valence-corrected chi connectivity index (χ2v) is 9.09. The molecule has 0 saturated carbocycles. The summed E-state index contributed by atoms with van der Waals surface area (Å²) in [5.74, 6) is -2.12. The van der Waals surface area contributed by atoms with Gasteiger partial charge in [-0.25, -0.2) is 0 Å². The molecule has 0 spiro atoms. The fourth-order valence-electron chi connectivity index (χ4n) is 4.81. The van der Waals surface area contributed by atoms with Crippen LogP contribution in [-0.4, -0.2) is 42.7 Å². The molecule has 1 unspecified atom stereocenters. The lowest BCUT2D eigenvalue weighted by Crippen LogP contribution is -2.38. The number of carbonyl (C=O) groups is 2. The molecule has 0 bridgehead atoms. The Labute approximate surface area is 207 Å². The number of halogens is 1. The summed E-state index contributed by atoms with van der Waals surface area (Å²) in [6.45, 7) is 2.07. The zero-order valence-electron chi connectivity index (χ0n) is 19.4. The number of Topliss-reactive ketones (excluding diaryl/α,β-unsaturated/α-hetero) is 1. The Morgan fingerprint density at radius 2 is 1.74 bits per heavy atom. The third-order valence-electron chi connectivity index (χ3n) is 6.48. The number of nitro benzene ring substituents is 1. The van der Waals surface area contributed by atoms with Crippen LogP contribution in [0.3, 0.4) is 0 Å². The fraction of sp³-hybridized carbons (Fsp3) is 0.346. The smallest absolute Gasteiger partial charge is 0.315 e. The number of esters is 1. The SMILES string of the molecule is COCCOC(=O)C1C(C)=NC2=C(C(=O)C[C@H](c3ccc(Cl)cc3)C2)[C@@H]1c1ccc([N+](=O)[O-])cc1. The number of ketones is 1. The Morgan fingerprint density at radius 1 is 1.09 bits per heavy atom. The average molecular weight is 497 g/mol.